The van der Waals surface area contributed by atoms with Gasteiger partial charge in [0.2, 0.25) is 5.91 Å². The molecular weight excluding hydrogens is 364 g/mol. The Morgan fingerprint density at radius 1 is 1.52 bits per heavy atom. The van der Waals surface area contributed by atoms with Gasteiger partial charge in [-0.05, 0) is 71.7 Å². The van der Waals surface area contributed by atoms with Crippen LogP contribution in [0.1, 0.15) is 38.3 Å². The van der Waals surface area contributed by atoms with Crippen molar-refractivity contribution in [2.75, 3.05) is 0 Å². The highest BCUT2D eigenvalue weighted by Crippen LogP contribution is 2.49. The average Bonchev–Trinajstić information content (AvgIpc) is 3.17. The fourth-order valence-electron chi connectivity index (χ4n) is 4.23. The van der Waals surface area contributed by atoms with Crippen LogP contribution in [0.3, 0.4) is 0 Å². The van der Waals surface area contributed by atoms with Crippen molar-refractivity contribution in [1.29, 1.82) is 0 Å². The zero-order valence-corrected chi connectivity index (χ0v) is 14.9. The second kappa shape index (κ2) is 6.22. The summed E-state index contributed by atoms with van der Waals surface area (Å²) in [5.41, 5.74) is 0.583. The average molecular weight is 385 g/mol. The topological polar surface area (TPSA) is 90.1 Å². The summed E-state index contributed by atoms with van der Waals surface area (Å²) in [5.74, 6) is 1.76. The zero-order chi connectivity index (χ0) is 16.7. The van der Waals surface area contributed by atoms with E-state index in [0.29, 0.717) is 16.1 Å². The highest BCUT2D eigenvalue weighted by Gasteiger charge is 2.42. The van der Waals surface area contributed by atoms with E-state index < -0.39 is 4.92 Å². The lowest BCUT2D eigenvalue weighted by Crippen LogP contribution is -2.41. The number of rotatable bonds is 5. The fourth-order valence-corrected chi connectivity index (χ4v) is 4.66. The Balaban J connectivity index is 1.61. The van der Waals surface area contributed by atoms with Crippen LogP contribution >= 0.6 is 15.9 Å². The molecule has 2 fully saturated rings. The van der Waals surface area contributed by atoms with Crippen molar-refractivity contribution in [1.82, 2.24) is 15.1 Å². The second-order valence-corrected chi connectivity index (χ2v) is 7.63. The molecule has 4 atom stereocenters. The molecule has 0 spiro atoms. The van der Waals surface area contributed by atoms with E-state index in [0.717, 1.165) is 11.8 Å². The summed E-state index contributed by atoms with van der Waals surface area (Å²) in [5, 5.41) is 17.9. The minimum absolute atomic E-state index is 0.00340. The number of nitro groups is 1. The zero-order valence-electron chi connectivity index (χ0n) is 13.3. The van der Waals surface area contributed by atoms with E-state index in [-0.39, 0.29) is 24.3 Å². The molecule has 2 aliphatic carbocycles. The van der Waals surface area contributed by atoms with Gasteiger partial charge in [-0.2, -0.15) is 4.68 Å². The van der Waals surface area contributed by atoms with Gasteiger partial charge < -0.3 is 15.4 Å². The van der Waals surface area contributed by atoms with E-state index in [1.807, 2.05) is 0 Å². The molecule has 2 bridgehead atoms. The van der Waals surface area contributed by atoms with E-state index >= 15 is 0 Å². The number of hydrogen-bond acceptors (Lipinski definition) is 4. The van der Waals surface area contributed by atoms with E-state index in [1.165, 1.54) is 30.4 Å². The number of aromatic nitrogens is 2. The van der Waals surface area contributed by atoms with Crippen LogP contribution in [-0.4, -0.2) is 26.7 Å². The summed E-state index contributed by atoms with van der Waals surface area (Å²) in [6.45, 7) is 3.78. The highest BCUT2D eigenvalue weighted by molar-refractivity contribution is 9.10. The molecule has 2 aliphatic rings. The number of nitrogens with zero attached hydrogens (tertiary/aromatic N) is 3. The summed E-state index contributed by atoms with van der Waals surface area (Å²) >= 11 is 3.16. The predicted molar refractivity (Wildman–Crippen MR) is 87.9 cm³/mol. The SMILES string of the molecule is Cc1c(Br)c([N+](=O)[O-])nn1CC(=O)N[C@H](C)[C@@H]1C[C@H]2CC[C@H]1C2. The molecule has 1 N–H and O–H groups in total. The standard InChI is InChI=1S/C15H21BrN4O3/c1-8(12-6-10-3-4-11(12)5-10)17-13(21)7-19-9(2)14(16)15(18-19)20(22)23/h8,10-12H,3-7H2,1-2H3,(H,17,21)/t8-,10+,11+,12+/m1/s1. The van der Waals surface area contributed by atoms with E-state index in [9.17, 15) is 14.9 Å². The lowest BCUT2D eigenvalue weighted by molar-refractivity contribution is -0.390. The third kappa shape index (κ3) is 3.13. The minimum atomic E-state index is -0.552. The molecule has 3 rings (SSSR count). The number of halogens is 1. The van der Waals surface area contributed by atoms with Crippen LogP contribution in [0, 0.1) is 34.8 Å². The van der Waals surface area contributed by atoms with Gasteiger partial charge in [-0.3, -0.25) is 4.79 Å². The lowest BCUT2D eigenvalue weighted by atomic mass is 9.84. The molecule has 23 heavy (non-hydrogen) atoms. The number of hydrogen-bond donors (Lipinski definition) is 1. The highest BCUT2D eigenvalue weighted by atomic mass is 79.9. The molecule has 1 aromatic heterocycles. The number of nitrogens with one attached hydrogen (secondary N) is 1. The Kier molecular flexibility index (Phi) is 4.44. The number of carbonyl (C=O) groups excluding carboxylic acids is 1. The van der Waals surface area contributed by atoms with Crippen LogP contribution in [0.25, 0.3) is 0 Å². The first-order chi connectivity index (χ1) is 10.9. The minimum Gasteiger partial charge on any atom is -0.358 e. The van der Waals surface area contributed by atoms with Crippen LogP contribution in [-0.2, 0) is 11.3 Å². The molecular formula is C15H21BrN4O3. The quantitative estimate of drug-likeness (QED) is 0.624. The van der Waals surface area contributed by atoms with Crippen molar-refractivity contribution in [2.45, 2.75) is 52.1 Å². The Morgan fingerprint density at radius 3 is 2.78 bits per heavy atom. The third-order valence-corrected chi connectivity index (χ3v) is 6.34. The van der Waals surface area contributed by atoms with E-state index in [2.05, 4.69) is 33.3 Å². The summed E-state index contributed by atoms with van der Waals surface area (Å²) in [6, 6.07) is 0.145. The summed E-state index contributed by atoms with van der Waals surface area (Å²) in [4.78, 5) is 22.6. The van der Waals surface area contributed by atoms with Crippen LogP contribution in [0.15, 0.2) is 4.47 Å². The smallest absolute Gasteiger partial charge is 0.358 e. The fraction of sp³-hybridized carbons (Fsp3) is 0.733. The van der Waals surface area contributed by atoms with Crippen molar-refractivity contribution in [3.63, 3.8) is 0 Å². The van der Waals surface area contributed by atoms with Gasteiger partial charge in [0.05, 0.1) is 10.8 Å². The van der Waals surface area contributed by atoms with Crippen LogP contribution in [0.4, 0.5) is 5.82 Å². The van der Waals surface area contributed by atoms with Crippen molar-refractivity contribution in [3.05, 3.63) is 20.3 Å². The molecule has 0 radical (unpaired) electrons. The van der Waals surface area contributed by atoms with Gasteiger partial charge in [0.25, 0.3) is 0 Å². The first-order valence-corrected chi connectivity index (χ1v) is 8.82. The molecule has 0 saturated heterocycles. The first-order valence-electron chi connectivity index (χ1n) is 8.03. The van der Waals surface area contributed by atoms with Gasteiger partial charge in [-0.15, -0.1) is 0 Å². The van der Waals surface area contributed by atoms with Crippen molar-refractivity contribution < 1.29 is 9.72 Å². The van der Waals surface area contributed by atoms with E-state index in [1.54, 1.807) is 6.92 Å². The molecule has 0 aromatic carbocycles. The van der Waals surface area contributed by atoms with Gasteiger partial charge in [-0.1, -0.05) is 6.42 Å². The molecule has 0 aliphatic heterocycles. The van der Waals surface area contributed by atoms with Gasteiger partial charge in [0.1, 0.15) is 11.0 Å². The van der Waals surface area contributed by atoms with Crippen LogP contribution in [0.5, 0.6) is 0 Å². The number of carbonyl (C=O) groups is 1. The Bertz CT molecular complexity index is 645. The predicted octanol–water partition coefficient (Wildman–Crippen LogP) is 2.80. The maximum Gasteiger partial charge on any atom is 0.404 e. The molecule has 2 saturated carbocycles. The van der Waals surface area contributed by atoms with E-state index in [4.69, 9.17) is 0 Å². The Labute approximate surface area is 143 Å². The monoisotopic (exact) mass is 384 g/mol. The van der Waals surface area contributed by atoms with Crippen LogP contribution < -0.4 is 5.32 Å². The van der Waals surface area contributed by atoms with Gasteiger partial charge >= 0.3 is 5.82 Å². The largest absolute Gasteiger partial charge is 0.404 e. The normalized spacial score (nSPS) is 27.2. The molecule has 1 heterocycles. The third-order valence-electron chi connectivity index (χ3n) is 5.41. The molecule has 1 amide bonds. The van der Waals surface area contributed by atoms with Crippen LogP contribution in [0.2, 0.25) is 0 Å². The first kappa shape index (κ1) is 16.4. The Morgan fingerprint density at radius 2 is 2.26 bits per heavy atom. The number of amides is 1. The van der Waals surface area contributed by atoms with Gasteiger partial charge in [0, 0.05) is 6.04 Å². The molecule has 8 heteroatoms. The molecule has 1 aromatic rings. The maximum atomic E-state index is 12.3. The van der Waals surface area contributed by atoms with Gasteiger partial charge in [0.15, 0.2) is 0 Å². The summed E-state index contributed by atoms with van der Waals surface area (Å²) < 4.78 is 1.71. The van der Waals surface area contributed by atoms with Crippen molar-refractivity contribution in [3.8, 4) is 0 Å². The lowest BCUT2D eigenvalue weighted by Gasteiger charge is -2.28. The maximum absolute atomic E-state index is 12.3. The summed E-state index contributed by atoms with van der Waals surface area (Å²) in [7, 11) is 0. The number of fused-ring (bicyclic) bond motifs is 2. The van der Waals surface area contributed by atoms with Gasteiger partial charge in [-0.25, -0.2) is 0 Å². The summed E-state index contributed by atoms with van der Waals surface area (Å²) in [6.07, 6.45) is 5.14. The molecule has 0 unspecified atom stereocenters. The Hall–Kier alpha value is -1.44. The second-order valence-electron chi connectivity index (χ2n) is 6.83. The van der Waals surface area contributed by atoms with Crippen molar-refractivity contribution in [2.24, 2.45) is 17.8 Å². The molecule has 126 valence electrons. The van der Waals surface area contributed by atoms with Crippen molar-refractivity contribution >= 4 is 27.7 Å². The molecule has 7 nitrogen and oxygen atoms in total.